The first kappa shape index (κ1) is 18.8. The molecule has 0 spiro atoms. The molecule has 7 nitrogen and oxygen atoms in total. The van der Waals surface area contributed by atoms with Gasteiger partial charge in [-0.25, -0.2) is 8.42 Å². The van der Waals surface area contributed by atoms with Crippen molar-refractivity contribution in [2.45, 2.75) is 30.8 Å². The lowest BCUT2D eigenvalue weighted by Crippen LogP contribution is -2.55. The number of halogens is 2. The number of hydrogen-bond acceptors (Lipinski definition) is 5. The molecule has 10 heteroatoms. The molecule has 2 rings (SSSR count). The number of nitrogens with zero attached hydrogens (tertiary/aromatic N) is 2. The predicted octanol–water partition coefficient (Wildman–Crippen LogP) is 1.53. The molecular weight excluding hydrogens is 337 g/mol. The van der Waals surface area contributed by atoms with Crippen LogP contribution in [0.1, 0.15) is 13.8 Å². The fourth-order valence-corrected chi connectivity index (χ4v) is 4.28. The Morgan fingerprint density at radius 3 is 2.36 bits per heavy atom. The molecule has 1 N–H and O–H groups in total. The maximum absolute atomic E-state index is 13.6. The Labute approximate surface area is 134 Å². The van der Waals surface area contributed by atoms with E-state index >= 15 is 0 Å². The molecule has 0 aromatic heterocycles. The summed E-state index contributed by atoms with van der Waals surface area (Å²) < 4.78 is 39.9. The molecule has 2 atom stereocenters. The van der Waals surface area contributed by atoms with Gasteiger partial charge in [-0.15, -0.1) is 12.4 Å². The highest BCUT2D eigenvalue weighted by molar-refractivity contribution is 7.89. The monoisotopic (exact) mass is 353 g/mol. The van der Waals surface area contributed by atoms with Crippen LogP contribution in [0.5, 0.6) is 0 Å². The molecule has 0 amide bonds. The summed E-state index contributed by atoms with van der Waals surface area (Å²) in [5, 5.41) is 14.1. The Kier molecular flexibility index (Phi) is 5.85. The van der Waals surface area contributed by atoms with Gasteiger partial charge in [0.1, 0.15) is 0 Å². The van der Waals surface area contributed by atoms with Gasteiger partial charge in [-0.05, 0) is 26.0 Å². The summed E-state index contributed by atoms with van der Waals surface area (Å²) >= 11 is 0. The van der Waals surface area contributed by atoms with E-state index in [0.717, 1.165) is 22.5 Å². The fourth-order valence-electron chi connectivity index (χ4n) is 2.49. The lowest BCUT2D eigenvalue weighted by Gasteiger charge is -2.35. The van der Waals surface area contributed by atoms with Crippen molar-refractivity contribution in [3.63, 3.8) is 0 Å². The third kappa shape index (κ3) is 3.54. The van der Waals surface area contributed by atoms with Crippen molar-refractivity contribution in [2.24, 2.45) is 0 Å². The minimum absolute atomic E-state index is 0. The van der Waals surface area contributed by atoms with Gasteiger partial charge in [0.15, 0.2) is 4.90 Å². The van der Waals surface area contributed by atoms with Gasteiger partial charge in [0, 0.05) is 25.2 Å². The van der Waals surface area contributed by atoms with Crippen molar-refractivity contribution in [1.82, 2.24) is 9.62 Å². The number of sulfonamides is 1. The molecule has 1 aliphatic rings. The number of para-hydroxylation sites is 1. The number of hydrogen-bond donors (Lipinski definition) is 1. The zero-order valence-electron chi connectivity index (χ0n) is 12.0. The third-order valence-corrected chi connectivity index (χ3v) is 5.14. The summed E-state index contributed by atoms with van der Waals surface area (Å²) in [5.41, 5.74) is -1.00. The maximum atomic E-state index is 13.6. The second-order valence-electron chi connectivity index (χ2n) is 5.13. The van der Waals surface area contributed by atoms with Crippen molar-refractivity contribution in [3.05, 3.63) is 34.1 Å². The standard InChI is InChI=1S/C12H16FN3O4S.ClH/c1-8-6-15(7-9(2)14-8)21(19,20)11-5-3-4-10(13)12(11)16(17)18;/h3-5,8-9,14H,6-7H2,1-2H3;1H. The Morgan fingerprint density at radius 2 is 1.86 bits per heavy atom. The molecule has 0 bridgehead atoms. The van der Waals surface area contributed by atoms with Gasteiger partial charge in [-0.1, -0.05) is 6.07 Å². The van der Waals surface area contributed by atoms with E-state index in [1.54, 1.807) is 0 Å². The average Bonchev–Trinajstić information content (AvgIpc) is 2.36. The SMILES string of the molecule is CC1CN(S(=O)(=O)c2cccc(F)c2[N+](=O)[O-])CC(C)N1.Cl. The van der Waals surface area contributed by atoms with Gasteiger partial charge < -0.3 is 5.32 Å². The number of piperazine rings is 1. The van der Waals surface area contributed by atoms with Crippen LogP contribution in [0, 0.1) is 15.9 Å². The molecule has 1 fully saturated rings. The van der Waals surface area contributed by atoms with Crippen molar-refractivity contribution in [2.75, 3.05) is 13.1 Å². The first-order chi connectivity index (χ1) is 9.73. The molecule has 1 aromatic rings. The van der Waals surface area contributed by atoms with Crippen molar-refractivity contribution in [3.8, 4) is 0 Å². The van der Waals surface area contributed by atoms with Crippen molar-refractivity contribution >= 4 is 28.1 Å². The van der Waals surface area contributed by atoms with E-state index < -0.39 is 31.3 Å². The van der Waals surface area contributed by atoms with Crippen LogP contribution in [0.15, 0.2) is 23.1 Å². The van der Waals surface area contributed by atoms with Crippen molar-refractivity contribution in [1.29, 1.82) is 0 Å². The van der Waals surface area contributed by atoms with E-state index in [1.165, 1.54) is 0 Å². The summed E-state index contributed by atoms with van der Waals surface area (Å²) in [5.74, 6) is -1.16. The lowest BCUT2D eigenvalue weighted by molar-refractivity contribution is -0.390. The molecule has 1 heterocycles. The number of benzene rings is 1. The maximum Gasteiger partial charge on any atom is 0.324 e. The first-order valence-corrected chi connectivity index (χ1v) is 7.86. The van der Waals surface area contributed by atoms with Crippen LogP contribution in [-0.4, -0.2) is 42.8 Å². The molecule has 2 unspecified atom stereocenters. The highest BCUT2D eigenvalue weighted by Crippen LogP contribution is 2.29. The Balaban J connectivity index is 0.00000242. The van der Waals surface area contributed by atoms with Gasteiger partial charge >= 0.3 is 5.69 Å². The molecule has 1 saturated heterocycles. The molecule has 0 radical (unpaired) electrons. The fraction of sp³-hybridized carbons (Fsp3) is 0.500. The van der Waals surface area contributed by atoms with E-state index in [-0.39, 0.29) is 37.6 Å². The highest BCUT2D eigenvalue weighted by atomic mass is 35.5. The molecule has 1 aliphatic heterocycles. The summed E-state index contributed by atoms with van der Waals surface area (Å²) in [7, 11) is -4.11. The Hall–Kier alpha value is -1.29. The summed E-state index contributed by atoms with van der Waals surface area (Å²) in [6.07, 6.45) is 0. The van der Waals surface area contributed by atoms with Crippen LogP contribution in [0.3, 0.4) is 0 Å². The molecule has 124 valence electrons. The summed E-state index contributed by atoms with van der Waals surface area (Å²) in [4.78, 5) is 9.37. The van der Waals surface area contributed by atoms with Gasteiger partial charge in [-0.3, -0.25) is 10.1 Å². The number of nitro benzene ring substituents is 1. The van der Waals surface area contributed by atoms with E-state index in [2.05, 4.69) is 5.32 Å². The Bertz CT molecular complexity index is 660. The minimum atomic E-state index is -4.11. The third-order valence-electron chi connectivity index (χ3n) is 3.27. The van der Waals surface area contributed by atoms with Gasteiger partial charge in [-0.2, -0.15) is 8.70 Å². The van der Waals surface area contributed by atoms with Crippen LogP contribution >= 0.6 is 12.4 Å². The van der Waals surface area contributed by atoms with E-state index in [9.17, 15) is 22.9 Å². The summed E-state index contributed by atoms with van der Waals surface area (Å²) in [6.45, 7) is 4.00. The smallest absolute Gasteiger partial charge is 0.309 e. The topological polar surface area (TPSA) is 92.5 Å². The highest BCUT2D eigenvalue weighted by Gasteiger charge is 2.37. The van der Waals surface area contributed by atoms with Crippen LogP contribution < -0.4 is 5.32 Å². The van der Waals surface area contributed by atoms with E-state index in [0.29, 0.717) is 0 Å². The molecule has 1 aromatic carbocycles. The minimum Gasteiger partial charge on any atom is -0.309 e. The zero-order chi connectivity index (χ0) is 15.8. The normalized spacial score (nSPS) is 22.9. The van der Waals surface area contributed by atoms with Gasteiger partial charge in [0.2, 0.25) is 15.8 Å². The zero-order valence-corrected chi connectivity index (χ0v) is 13.7. The van der Waals surface area contributed by atoms with Crippen LogP contribution in [-0.2, 0) is 10.0 Å². The van der Waals surface area contributed by atoms with Gasteiger partial charge in [0.05, 0.1) is 4.92 Å². The van der Waals surface area contributed by atoms with E-state index in [1.807, 2.05) is 13.8 Å². The van der Waals surface area contributed by atoms with Crippen LogP contribution in [0.2, 0.25) is 0 Å². The van der Waals surface area contributed by atoms with Crippen LogP contribution in [0.4, 0.5) is 10.1 Å². The number of rotatable bonds is 3. The quantitative estimate of drug-likeness (QED) is 0.657. The molecule has 0 saturated carbocycles. The summed E-state index contributed by atoms with van der Waals surface area (Å²) in [6, 6.07) is 2.92. The second-order valence-corrected chi connectivity index (χ2v) is 7.04. The Morgan fingerprint density at radius 1 is 1.32 bits per heavy atom. The van der Waals surface area contributed by atoms with Crippen molar-refractivity contribution < 1.29 is 17.7 Å². The van der Waals surface area contributed by atoms with Gasteiger partial charge in [0.25, 0.3) is 0 Å². The molecule has 0 aliphatic carbocycles. The number of nitrogens with one attached hydrogen (secondary N) is 1. The largest absolute Gasteiger partial charge is 0.324 e. The average molecular weight is 354 g/mol. The molecule has 22 heavy (non-hydrogen) atoms. The second kappa shape index (κ2) is 6.86. The number of nitro groups is 1. The van der Waals surface area contributed by atoms with Crippen LogP contribution in [0.25, 0.3) is 0 Å². The predicted molar refractivity (Wildman–Crippen MR) is 81.1 cm³/mol. The first-order valence-electron chi connectivity index (χ1n) is 6.42. The van der Waals surface area contributed by atoms with E-state index in [4.69, 9.17) is 0 Å². The lowest BCUT2D eigenvalue weighted by atomic mass is 10.2. The molecular formula is C12H17ClFN3O4S.